The number of fused-ring (bicyclic) bond motifs is 1. The highest BCUT2D eigenvalue weighted by Gasteiger charge is 2.27. The summed E-state index contributed by atoms with van der Waals surface area (Å²) in [6.07, 6.45) is 1.04. The van der Waals surface area contributed by atoms with Gasteiger partial charge in [0.05, 0.1) is 0 Å². The lowest BCUT2D eigenvalue weighted by atomic mass is 9.96. The average Bonchev–Trinajstić information content (AvgIpc) is 2.29. The first kappa shape index (κ1) is 7.78. The smallest absolute Gasteiger partial charge is 0.126 e. The van der Waals surface area contributed by atoms with Crippen LogP contribution in [-0.4, -0.2) is 0 Å². The van der Waals surface area contributed by atoms with E-state index in [1.165, 1.54) is 5.56 Å². The maximum absolute atomic E-state index is 13.3. The van der Waals surface area contributed by atoms with Crippen molar-refractivity contribution in [1.82, 2.24) is 0 Å². The van der Waals surface area contributed by atoms with Crippen LogP contribution in [0.3, 0.4) is 0 Å². The van der Waals surface area contributed by atoms with Gasteiger partial charge in [-0.1, -0.05) is 26.0 Å². The summed E-state index contributed by atoms with van der Waals surface area (Å²) in [6.45, 7) is 4.30. The second kappa shape index (κ2) is 2.58. The summed E-state index contributed by atoms with van der Waals surface area (Å²) in [5, 5.41) is 0. The molecule has 0 fully saturated rings. The fourth-order valence-electron chi connectivity index (χ4n) is 2.08. The zero-order valence-electron chi connectivity index (χ0n) is 7.47. The van der Waals surface area contributed by atoms with Gasteiger partial charge in [-0.2, -0.15) is 0 Å². The molecule has 1 aliphatic rings. The number of hydrogen-bond acceptors (Lipinski definition) is 0. The minimum atomic E-state index is -0.0237. The van der Waals surface area contributed by atoms with E-state index in [9.17, 15) is 4.39 Å². The monoisotopic (exact) mass is 164 g/mol. The Morgan fingerprint density at radius 2 is 2.08 bits per heavy atom. The molecule has 0 aromatic heterocycles. The highest BCUT2D eigenvalue weighted by Crippen LogP contribution is 2.38. The van der Waals surface area contributed by atoms with Crippen molar-refractivity contribution in [3.8, 4) is 0 Å². The van der Waals surface area contributed by atoms with E-state index in [1.807, 2.05) is 6.07 Å². The summed E-state index contributed by atoms with van der Waals surface area (Å²) < 4.78 is 13.3. The van der Waals surface area contributed by atoms with Crippen LogP contribution in [-0.2, 0) is 6.42 Å². The largest absolute Gasteiger partial charge is 0.207 e. The van der Waals surface area contributed by atoms with E-state index in [1.54, 1.807) is 12.1 Å². The van der Waals surface area contributed by atoms with Gasteiger partial charge in [-0.05, 0) is 35.4 Å². The average molecular weight is 164 g/mol. The molecule has 2 unspecified atom stereocenters. The van der Waals surface area contributed by atoms with Crippen LogP contribution in [0.2, 0.25) is 0 Å². The van der Waals surface area contributed by atoms with E-state index >= 15 is 0 Å². The van der Waals surface area contributed by atoms with Gasteiger partial charge >= 0.3 is 0 Å². The maximum atomic E-state index is 13.3. The summed E-state index contributed by atoms with van der Waals surface area (Å²) >= 11 is 0. The third-order valence-corrected chi connectivity index (χ3v) is 2.99. The molecular weight excluding hydrogens is 151 g/mol. The van der Waals surface area contributed by atoms with Crippen molar-refractivity contribution in [2.75, 3.05) is 0 Å². The first-order valence-electron chi connectivity index (χ1n) is 4.47. The fraction of sp³-hybridized carbons (Fsp3) is 0.455. The third-order valence-electron chi connectivity index (χ3n) is 2.99. The second-order valence-corrected chi connectivity index (χ2v) is 3.78. The molecule has 1 aromatic rings. The van der Waals surface area contributed by atoms with Gasteiger partial charge in [-0.3, -0.25) is 0 Å². The summed E-state index contributed by atoms with van der Waals surface area (Å²) in [6, 6.07) is 5.41. The third kappa shape index (κ3) is 0.961. The van der Waals surface area contributed by atoms with Crippen molar-refractivity contribution >= 4 is 0 Å². The summed E-state index contributed by atoms with van der Waals surface area (Å²) in [7, 11) is 0. The highest BCUT2D eigenvalue weighted by molar-refractivity contribution is 5.36. The molecule has 1 heteroatoms. The Morgan fingerprint density at radius 1 is 1.33 bits per heavy atom. The molecule has 2 rings (SSSR count). The molecule has 0 nitrogen and oxygen atoms in total. The van der Waals surface area contributed by atoms with Crippen LogP contribution in [0.15, 0.2) is 18.2 Å². The molecule has 12 heavy (non-hydrogen) atoms. The first-order chi connectivity index (χ1) is 5.70. The van der Waals surface area contributed by atoms with Gasteiger partial charge in [0.15, 0.2) is 0 Å². The fourth-order valence-corrected chi connectivity index (χ4v) is 2.08. The number of rotatable bonds is 0. The summed E-state index contributed by atoms with van der Waals surface area (Å²) in [5.41, 5.74) is 2.15. The molecule has 2 atom stereocenters. The highest BCUT2D eigenvalue weighted by atomic mass is 19.1. The maximum Gasteiger partial charge on any atom is 0.126 e. The molecule has 1 aromatic carbocycles. The Labute approximate surface area is 72.4 Å². The SMILES string of the molecule is CC1Cc2cccc(F)c2C1C. The van der Waals surface area contributed by atoms with E-state index in [-0.39, 0.29) is 5.82 Å². The van der Waals surface area contributed by atoms with Gasteiger partial charge in [0.2, 0.25) is 0 Å². The van der Waals surface area contributed by atoms with Gasteiger partial charge in [-0.15, -0.1) is 0 Å². The van der Waals surface area contributed by atoms with Crippen molar-refractivity contribution in [3.63, 3.8) is 0 Å². The molecule has 0 amide bonds. The van der Waals surface area contributed by atoms with Crippen LogP contribution < -0.4 is 0 Å². The normalized spacial score (nSPS) is 27.2. The zero-order valence-corrected chi connectivity index (χ0v) is 7.47. The van der Waals surface area contributed by atoms with Crippen molar-refractivity contribution in [1.29, 1.82) is 0 Å². The molecule has 1 aliphatic carbocycles. The quantitative estimate of drug-likeness (QED) is 0.552. The van der Waals surface area contributed by atoms with Gasteiger partial charge < -0.3 is 0 Å². The lowest BCUT2D eigenvalue weighted by Crippen LogP contribution is -1.99. The van der Waals surface area contributed by atoms with Gasteiger partial charge in [0.1, 0.15) is 5.82 Å². The standard InChI is InChI=1S/C11H13F/c1-7-6-9-4-3-5-10(12)11(9)8(7)2/h3-5,7-8H,6H2,1-2H3. The van der Waals surface area contributed by atoms with Crippen molar-refractivity contribution in [2.45, 2.75) is 26.2 Å². The minimum absolute atomic E-state index is 0.0237. The topological polar surface area (TPSA) is 0 Å². The summed E-state index contributed by atoms with van der Waals surface area (Å²) in [4.78, 5) is 0. The van der Waals surface area contributed by atoms with Crippen LogP contribution >= 0.6 is 0 Å². The van der Waals surface area contributed by atoms with Gasteiger partial charge in [0, 0.05) is 0 Å². The van der Waals surface area contributed by atoms with Crippen LogP contribution in [0.1, 0.15) is 30.9 Å². The first-order valence-corrected chi connectivity index (χ1v) is 4.47. The van der Waals surface area contributed by atoms with Crippen LogP contribution in [0.5, 0.6) is 0 Å². The molecule has 0 radical (unpaired) electrons. The molecule has 0 bridgehead atoms. The van der Waals surface area contributed by atoms with Crippen molar-refractivity contribution < 1.29 is 4.39 Å². The summed E-state index contributed by atoms with van der Waals surface area (Å²) in [5.74, 6) is 0.961. The number of benzene rings is 1. The predicted octanol–water partition coefficient (Wildman–Crippen LogP) is 3.12. The molecule has 0 heterocycles. The Hall–Kier alpha value is -0.850. The Bertz CT molecular complexity index is 304. The molecule has 64 valence electrons. The lowest BCUT2D eigenvalue weighted by Gasteiger charge is -2.09. The Kier molecular flexibility index (Phi) is 1.67. The van der Waals surface area contributed by atoms with Gasteiger partial charge in [-0.25, -0.2) is 4.39 Å². The van der Waals surface area contributed by atoms with Crippen LogP contribution in [0.4, 0.5) is 4.39 Å². The van der Waals surface area contributed by atoms with E-state index in [0.717, 1.165) is 12.0 Å². The zero-order chi connectivity index (χ0) is 8.72. The van der Waals surface area contributed by atoms with Gasteiger partial charge in [0.25, 0.3) is 0 Å². The Morgan fingerprint density at radius 3 is 2.75 bits per heavy atom. The minimum Gasteiger partial charge on any atom is -0.207 e. The number of halogens is 1. The number of hydrogen-bond donors (Lipinski definition) is 0. The van der Waals surface area contributed by atoms with Crippen LogP contribution in [0, 0.1) is 11.7 Å². The molecule has 0 saturated carbocycles. The molecule has 0 aliphatic heterocycles. The Balaban J connectivity index is 2.55. The van der Waals surface area contributed by atoms with Crippen LogP contribution in [0.25, 0.3) is 0 Å². The lowest BCUT2D eigenvalue weighted by molar-refractivity contribution is 0.512. The predicted molar refractivity (Wildman–Crippen MR) is 47.7 cm³/mol. The van der Waals surface area contributed by atoms with E-state index in [4.69, 9.17) is 0 Å². The van der Waals surface area contributed by atoms with E-state index in [2.05, 4.69) is 13.8 Å². The molecule has 0 spiro atoms. The van der Waals surface area contributed by atoms with Crippen molar-refractivity contribution in [2.24, 2.45) is 5.92 Å². The molecule has 0 N–H and O–H groups in total. The van der Waals surface area contributed by atoms with E-state index in [0.29, 0.717) is 11.8 Å². The second-order valence-electron chi connectivity index (χ2n) is 3.78. The van der Waals surface area contributed by atoms with Crippen molar-refractivity contribution in [3.05, 3.63) is 35.1 Å². The molecule has 0 saturated heterocycles. The van der Waals surface area contributed by atoms with E-state index < -0.39 is 0 Å². The molecular formula is C11H13F.